The normalized spacial score (nSPS) is 23.6. The van der Waals surface area contributed by atoms with E-state index in [1.165, 1.54) is 38.8 Å². The fourth-order valence-electron chi connectivity index (χ4n) is 2.67. The molecular formula is C15H30N4O. The van der Waals surface area contributed by atoms with Crippen LogP contribution >= 0.6 is 0 Å². The predicted molar refractivity (Wildman–Crippen MR) is 83.0 cm³/mol. The number of likely N-dealkylation sites (tertiary alicyclic amines) is 1. The smallest absolute Gasteiger partial charge is 0.191 e. The molecule has 0 spiro atoms. The summed E-state index contributed by atoms with van der Waals surface area (Å²) in [6.45, 7) is 8.28. The molecule has 0 radical (unpaired) electrons. The molecule has 0 aromatic heterocycles. The van der Waals surface area contributed by atoms with Crippen molar-refractivity contribution in [3.05, 3.63) is 0 Å². The van der Waals surface area contributed by atoms with Crippen LogP contribution in [0.25, 0.3) is 0 Å². The summed E-state index contributed by atoms with van der Waals surface area (Å²) >= 11 is 0. The molecule has 1 aliphatic carbocycles. The summed E-state index contributed by atoms with van der Waals surface area (Å²) in [4.78, 5) is 7.20. The highest BCUT2D eigenvalue weighted by Gasteiger charge is 2.31. The zero-order valence-corrected chi connectivity index (χ0v) is 12.9. The SMILES string of the molecule is CCNC(=NCC(C)CO)NC1CCN(C2CC2)CC1. The monoisotopic (exact) mass is 282 g/mol. The maximum Gasteiger partial charge on any atom is 0.191 e. The summed E-state index contributed by atoms with van der Waals surface area (Å²) in [7, 11) is 0. The van der Waals surface area contributed by atoms with E-state index < -0.39 is 0 Å². The highest BCUT2D eigenvalue weighted by atomic mass is 16.3. The molecule has 5 heteroatoms. The predicted octanol–water partition coefficient (Wildman–Crippen LogP) is 0.797. The van der Waals surface area contributed by atoms with Crippen molar-refractivity contribution in [2.75, 3.05) is 32.8 Å². The van der Waals surface area contributed by atoms with Gasteiger partial charge in [-0.3, -0.25) is 4.99 Å². The van der Waals surface area contributed by atoms with Crippen molar-refractivity contribution in [1.82, 2.24) is 15.5 Å². The van der Waals surface area contributed by atoms with Crippen LogP contribution in [-0.4, -0.2) is 60.8 Å². The van der Waals surface area contributed by atoms with Crippen LogP contribution in [0.3, 0.4) is 0 Å². The van der Waals surface area contributed by atoms with E-state index in [0.29, 0.717) is 12.6 Å². The molecule has 1 heterocycles. The van der Waals surface area contributed by atoms with Gasteiger partial charge in [0.2, 0.25) is 0 Å². The average molecular weight is 282 g/mol. The molecule has 0 aromatic rings. The van der Waals surface area contributed by atoms with Crippen LogP contribution in [0.1, 0.15) is 39.5 Å². The van der Waals surface area contributed by atoms with Crippen LogP contribution in [0, 0.1) is 5.92 Å². The van der Waals surface area contributed by atoms with Crippen LogP contribution in [0.15, 0.2) is 4.99 Å². The summed E-state index contributed by atoms with van der Waals surface area (Å²) in [5.41, 5.74) is 0. The Morgan fingerprint density at radius 3 is 2.55 bits per heavy atom. The first-order valence-corrected chi connectivity index (χ1v) is 8.12. The van der Waals surface area contributed by atoms with E-state index >= 15 is 0 Å². The second-order valence-corrected chi connectivity index (χ2v) is 6.19. The molecule has 2 fully saturated rings. The number of aliphatic imine (C=N–C) groups is 1. The Morgan fingerprint density at radius 2 is 2.00 bits per heavy atom. The van der Waals surface area contributed by atoms with E-state index in [1.54, 1.807) is 0 Å². The van der Waals surface area contributed by atoms with Crippen LogP contribution in [0.4, 0.5) is 0 Å². The van der Waals surface area contributed by atoms with E-state index in [9.17, 15) is 0 Å². The first kappa shape index (κ1) is 15.6. The highest BCUT2D eigenvalue weighted by molar-refractivity contribution is 5.80. The Hall–Kier alpha value is -0.810. The lowest BCUT2D eigenvalue weighted by atomic mass is 10.1. The number of nitrogens with zero attached hydrogens (tertiary/aromatic N) is 2. The quantitative estimate of drug-likeness (QED) is 0.498. The van der Waals surface area contributed by atoms with Crippen molar-refractivity contribution < 1.29 is 5.11 Å². The molecule has 5 nitrogen and oxygen atoms in total. The van der Waals surface area contributed by atoms with Gasteiger partial charge in [-0.1, -0.05) is 6.92 Å². The molecule has 20 heavy (non-hydrogen) atoms. The van der Waals surface area contributed by atoms with E-state index in [4.69, 9.17) is 5.11 Å². The lowest BCUT2D eigenvalue weighted by Gasteiger charge is -2.33. The van der Waals surface area contributed by atoms with Gasteiger partial charge < -0.3 is 20.6 Å². The van der Waals surface area contributed by atoms with Crippen LogP contribution in [0.2, 0.25) is 0 Å². The van der Waals surface area contributed by atoms with E-state index in [-0.39, 0.29) is 12.5 Å². The van der Waals surface area contributed by atoms with Gasteiger partial charge in [0.25, 0.3) is 0 Å². The van der Waals surface area contributed by atoms with Gasteiger partial charge in [-0.15, -0.1) is 0 Å². The van der Waals surface area contributed by atoms with Gasteiger partial charge in [0.15, 0.2) is 5.96 Å². The van der Waals surface area contributed by atoms with E-state index in [0.717, 1.165) is 18.5 Å². The fraction of sp³-hybridized carbons (Fsp3) is 0.933. The standard InChI is InChI=1S/C15H30N4O/c1-3-16-15(17-10-12(2)11-20)18-13-6-8-19(9-7-13)14-4-5-14/h12-14,20H,3-11H2,1-2H3,(H2,16,17,18). The van der Waals surface area contributed by atoms with Gasteiger partial charge in [0, 0.05) is 44.9 Å². The second kappa shape index (κ2) is 7.84. The van der Waals surface area contributed by atoms with Gasteiger partial charge >= 0.3 is 0 Å². The molecule has 2 aliphatic rings. The topological polar surface area (TPSA) is 59.9 Å². The number of nitrogens with one attached hydrogen (secondary N) is 2. The van der Waals surface area contributed by atoms with Crippen molar-refractivity contribution in [2.24, 2.45) is 10.9 Å². The average Bonchev–Trinajstić information content (AvgIpc) is 3.30. The number of aliphatic hydroxyl groups is 1. The Bertz CT molecular complexity index is 309. The summed E-state index contributed by atoms with van der Waals surface area (Å²) in [6.07, 6.45) is 5.22. The van der Waals surface area contributed by atoms with Crippen LogP contribution in [-0.2, 0) is 0 Å². The summed E-state index contributed by atoms with van der Waals surface area (Å²) in [6, 6.07) is 1.43. The third-order valence-corrected chi connectivity index (χ3v) is 4.15. The van der Waals surface area contributed by atoms with Crippen molar-refractivity contribution in [1.29, 1.82) is 0 Å². The molecular weight excluding hydrogens is 252 g/mol. The Kier molecular flexibility index (Phi) is 6.10. The number of hydrogen-bond donors (Lipinski definition) is 3. The first-order chi connectivity index (χ1) is 9.72. The fourth-order valence-corrected chi connectivity index (χ4v) is 2.67. The molecule has 1 atom stereocenters. The van der Waals surface area contributed by atoms with Crippen LogP contribution in [0.5, 0.6) is 0 Å². The third-order valence-electron chi connectivity index (χ3n) is 4.15. The molecule has 1 unspecified atom stereocenters. The highest BCUT2D eigenvalue weighted by Crippen LogP contribution is 2.29. The maximum absolute atomic E-state index is 9.07. The first-order valence-electron chi connectivity index (χ1n) is 8.12. The second-order valence-electron chi connectivity index (χ2n) is 6.19. The van der Waals surface area contributed by atoms with Crippen molar-refractivity contribution in [3.63, 3.8) is 0 Å². The zero-order valence-electron chi connectivity index (χ0n) is 12.9. The molecule has 0 aromatic carbocycles. The largest absolute Gasteiger partial charge is 0.396 e. The molecule has 3 N–H and O–H groups in total. The molecule has 2 rings (SSSR count). The van der Waals surface area contributed by atoms with Gasteiger partial charge in [-0.05, 0) is 38.5 Å². The lowest BCUT2D eigenvalue weighted by Crippen LogP contribution is -2.49. The summed E-state index contributed by atoms with van der Waals surface area (Å²) < 4.78 is 0. The van der Waals surface area contributed by atoms with Gasteiger partial charge in [0.05, 0.1) is 0 Å². The summed E-state index contributed by atoms with van der Waals surface area (Å²) in [5, 5.41) is 15.9. The Balaban J connectivity index is 1.75. The Labute approximate surface area is 122 Å². The van der Waals surface area contributed by atoms with Crippen molar-refractivity contribution in [3.8, 4) is 0 Å². The van der Waals surface area contributed by atoms with E-state index in [2.05, 4.69) is 27.4 Å². The minimum Gasteiger partial charge on any atom is -0.396 e. The molecule has 1 aliphatic heterocycles. The lowest BCUT2D eigenvalue weighted by molar-refractivity contribution is 0.197. The van der Waals surface area contributed by atoms with Crippen molar-refractivity contribution in [2.45, 2.75) is 51.6 Å². The van der Waals surface area contributed by atoms with E-state index in [1.807, 2.05) is 6.92 Å². The third kappa shape index (κ3) is 4.94. The Morgan fingerprint density at radius 1 is 1.30 bits per heavy atom. The number of piperidine rings is 1. The number of aliphatic hydroxyl groups excluding tert-OH is 1. The molecule has 0 amide bonds. The zero-order chi connectivity index (χ0) is 14.4. The minimum atomic E-state index is 0.197. The summed E-state index contributed by atoms with van der Waals surface area (Å²) in [5.74, 6) is 1.12. The molecule has 1 saturated heterocycles. The maximum atomic E-state index is 9.07. The van der Waals surface area contributed by atoms with Crippen molar-refractivity contribution >= 4 is 5.96 Å². The number of guanidine groups is 1. The number of hydrogen-bond acceptors (Lipinski definition) is 3. The van der Waals surface area contributed by atoms with Gasteiger partial charge in [0.1, 0.15) is 0 Å². The van der Waals surface area contributed by atoms with Crippen LogP contribution < -0.4 is 10.6 Å². The molecule has 116 valence electrons. The van der Waals surface area contributed by atoms with Gasteiger partial charge in [-0.25, -0.2) is 0 Å². The number of rotatable bonds is 6. The minimum absolute atomic E-state index is 0.197. The van der Waals surface area contributed by atoms with Gasteiger partial charge in [-0.2, -0.15) is 0 Å². The molecule has 0 bridgehead atoms. The molecule has 1 saturated carbocycles.